The zero-order valence-electron chi connectivity index (χ0n) is 18.6. The van der Waals surface area contributed by atoms with E-state index in [0.29, 0.717) is 37.8 Å². The molecule has 0 aliphatic carbocycles. The summed E-state index contributed by atoms with van der Waals surface area (Å²) in [5.41, 5.74) is 2.50. The lowest BCUT2D eigenvalue weighted by atomic mass is 10.2. The van der Waals surface area contributed by atoms with Crippen molar-refractivity contribution in [2.24, 2.45) is 0 Å². The molecule has 0 bridgehead atoms. The number of carbonyl (C=O) groups is 2. The quantitative estimate of drug-likeness (QED) is 0.373. The number of aromatic nitrogens is 2. The van der Waals surface area contributed by atoms with Crippen molar-refractivity contribution < 1.29 is 14.3 Å². The summed E-state index contributed by atoms with van der Waals surface area (Å²) in [4.78, 5) is 43.3. The summed E-state index contributed by atoms with van der Waals surface area (Å²) in [6.07, 6.45) is 1.92. The van der Waals surface area contributed by atoms with E-state index in [1.165, 1.54) is 10.9 Å². The summed E-state index contributed by atoms with van der Waals surface area (Å²) >= 11 is 7.22. The van der Waals surface area contributed by atoms with Crippen LogP contribution in [-0.4, -0.2) is 28.0 Å². The third kappa shape index (κ3) is 5.03. The van der Waals surface area contributed by atoms with E-state index in [1.54, 1.807) is 32.0 Å². The Morgan fingerprint density at radius 2 is 1.85 bits per heavy atom. The zero-order chi connectivity index (χ0) is 24.2. The largest absolute Gasteiger partial charge is 0.461 e. The molecular formula is C25H22ClN3O4S. The first-order valence-corrected chi connectivity index (χ1v) is 11.8. The first kappa shape index (κ1) is 23.7. The molecular weight excluding hydrogens is 474 g/mol. The van der Waals surface area contributed by atoms with Gasteiger partial charge < -0.3 is 10.1 Å². The maximum Gasteiger partial charge on any atom is 0.348 e. The van der Waals surface area contributed by atoms with Crippen LogP contribution in [0.3, 0.4) is 0 Å². The molecule has 1 amide bonds. The van der Waals surface area contributed by atoms with E-state index < -0.39 is 5.97 Å². The van der Waals surface area contributed by atoms with Crippen LogP contribution < -0.4 is 10.9 Å². The average molecular weight is 496 g/mol. The van der Waals surface area contributed by atoms with Gasteiger partial charge in [-0.15, -0.1) is 11.3 Å². The molecule has 0 unspecified atom stereocenters. The van der Waals surface area contributed by atoms with E-state index in [1.807, 2.05) is 30.3 Å². The van der Waals surface area contributed by atoms with Crippen molar-refractivity contribution in [1.82, 2.24) is 9.55 Å². The third-order valence-electron chi connectivity index (χ3n) is 5.43. The minimum absolute atomic E-state index is 0.222. The highest BCUT2D eigenvalue weighted by molar-refractivity contribution is 7.20. The second-order valence-corrected chi connectivity index (χ2v) is 9.15. The van der Waals surface area contributed by atoms with E-state index >= 15 is 0 Å². The number of amides is 1. The molecule has 2 aromatic heterocycles. The number of benzene rings is 2. The minimum Gasteiger partial charge on any atom is -0.461 e. The highest BCUT2D eigenvalue weighted by Gasteiger charge is 2.21. The average Bonchev–Trinajstić information content (AvgIpc) is 3.16. The second-order valence-electron chi connectivity index (χ2n) is 7.75. The highest BCUT2D eigenvalue weighted by atomic mass is 35.5. The molecule has 4 aromatic rings. The molecule has 0 radical (unpaired) electrons. The Hall–Kier alpha value is -3.49. The van der Waals surface area contributed by atoms with E-state index in [-0.39, 0.29) is 24.6 Å². The molecule has 1 N–H and O–H groups in total. The lowest BCUT2D eigenvalue weighted by molar-refractivity contribution is -0.116. The standard InChI is InChI=1S/C25H22ClN3O4S/c1-15-18(26)9-6-10-19(15)28-20(30)13-29-14-27-23-21(24(29)31)16(2)22(34-23)25(32)33-12-11-17-7-4-3-5-8-17/h3-10,14H,11-13H2,1-2H3,(H,28,30). The Morgan fingerprint density at radius 1 is 1.09 bits per heavy atom. The van der Waals surface area contributed by atoms with Crippen molar-refractivity contribution in [3.8, 4) is 0 Å². The van der Waals surface area contributed by atoms with Gasteiger partial charge in [-0.2, -0.15) is 0 Å². The number of ether oxygens (including phenoxy) is 1. The smallest absolute Gasteiger partial charge is 0.348 e. The Balaban J connectivity index is 1.49. The van der Waals surface area contributed by atoms with Gasteiger partial charge in [-0.25, -0.2) is 9.78 Å². The SMILES string of the molecule is Cc1c(Cl)cccc1NC(=O)Cn1cnc2sc(C(=O)OCCc3ccccc3)c(C)c2c1=O. The number of halogens is 1. The molecule has 4 rings (SSSR count). The fourth-order valence-corrected chi connectivity index (χ4v) is 4.73. The van der Waals surface area contributed by atoms with E-state index in [9.17, 15) is 14.4 Å². The number of rotatable bonds is 7. The van der Waals surface area contributed by atoms with E-state index in [4.69, 9.17) is 16.3 Å². The van der Waals surface area contributed by atoms with E-state index in [0.717, 1.165) is 22.5 Å². The summed E-state index contributed by atoms with van der Waals surface area (Å²) in [5.74, 6) is -0.876. The fraction of sp³-hybridized carbons (Fsp3) is 0.200. The molecule has 7 nitrogen and oxygen atoms in total. The predicted molar refractivity (Wildman–Crippen MR) is 134 cm³/mol. The normalized spacial score (nSPS) is 10.9. The van der Waals surface area contributed by atoms with Gasteiger partial charge in [-0.3, -0.25) is 14.2 Å². The van der Waals surface area contributed by atoms with Crippen LogP contribution in [0, 0.1) is 13.8 Å². The van der Waals surface area contributed by atoms with Gasteiger partial charge in [0.2, 0.25) is 5.91 Å². The Kier molecular flexibility index (Phi) is 7.09. The maximum absolute atomic E-state index is 13.1. The molecule has 0 atom stereocenters. The molecule has 9 heteroatoms. The number of nitrogens with zero attached hydrogens (tertiary/aromatic N) is 2. The fourth-order valence-electron chi connectivity index (χ4n) is 3.53. The molecule has 0 aliphatic rings. The number of thiophene rings is 1. The van der Waals surface area contributed by atoms with Gasteiger partial charge >= 0.3 is 5.97 Å². The van der Waals surface area contributed by atoms with E-state index in [2.05, 4.69) is 10.3 Å². The number of hydrogen-bond donors (Lipinski definition) is 1. The molecule has 34 heavy (non-hydrogen) atoms. The first-order chi connectivity index (χ1) is 16.3. The molecule has 174 valence electrons. The van der Waals surface area contributed by atoms with Crippen LogP contribution in [0.2, 0.25) is 5.02 Å². The molecule has 0 fully saturated rings. The zero-order valence-corrected chi connectivity index (χ0v) is 20.2. The number of nitrogens with one attached hydrogen (secondary N) is 1. The first-order valence-electron chi connectivity index (χ1n) is 10.6. The molecule has 2 aromatic carbocycles. The van der Waals surface area contributed by atoms with Crippen LogP contribution in [0.15, 0.2) is 59.7 Å². The van der Waals surface area contributed by atoms with Gasteiger partial charge in [0.05, 0.1) is 18.3 Å². The summed E-state index contributed by atoms with van der Waals surface area (Å²) < 4.78 is 6.65. The van der Waals surface area contributed by atoms with Crippen molar-refractivity contribution >= 4 is 50.7 Å². The number of anilines is 1. The van der Waals surface area contributed by atoms with Crippen molar-refractivity contribution in [3.63, 3.8) is 0 Å². The predicted octanol–water partition coefficient (Wildman–Crippen LogP) is 4.77. The third-order valence-corrected chi connectivity index (χ3v) is 7.01. The lowest BCUT2D eigenvalue weighted by Crippen LogP contribution is -2.28. The van der Waals surface area contributed by atoms with Gasteiger partial charge in [-0.1, -0.05) is 48.0 Å². The molecule has 0 saturated heterocycles. The van der Waals surface area contributed by atoms with Crippen LogP contribution in [0.5, 0.6) is 0 Å². The number of carbonyl (C=O) groups excluding carboxylic acids is 2. The molecule has 2 heterocycles. The van der Waals surface area contributed by atoms with Crippen LogP contribution in [-0.2, 0) is 22.5 Å². The Morgan fingerprint density at radius 3 is 2.62 bits per heavy atom. The van der Waals surface area contributed by atoms with Crippen molar-refractivity contribution in [2.75, 3.05) is 11.9 Å². The molecule has 0 spiro atoms. The van der Waals surface area contributed by atoms with Crippen LogP contribution in [0.1, 0.15) is 26.4 Å². The lowest BCUT2D eigenvalue weighted by Gasteiger charge is -2.10. The number of aryl methyl sites for hydroxylation is 1. The number of hydrogen-bond acceptors (Lipinski definition) is 6. The summed E-state index contributed by atoms with van der Waals surface area (Å²) in [5, 5.41) is 3.62. The Bertz CT molecular complexity index is 1430. The number of esters is 1. The van der Waals surface area contributed by atoms with Gasteiger partial charge in [0.1, 0.15) is 16.3 Å². The van der Waals surface area contributed by atoms with Crippen molar-refractivity contribution in [3.05, 3.63) is 91.8 Å². The monoisotopic (exact) mass is 495 g/mol. The Labute approximate surface area is 205 Å². The highest BCUT2D eigenvalue weighted by Crippen LogP contribution is 2.27. The molecule has 0 aliphatic heterocycles. The summed E-state index contributed by atoms with van der Waals surface area (Å²) in [6, 6.07) is 14.9. The van der Waals surface area contributed by atoms with Gasteiger partial charge in [0, 0.05) is 17.1 Å². The topological polar surface area (TPSA) is 90.3 Å². The maximum atomic E-state index is 13.1. The summed E-state index contributed by atoms with van der Waals surface area (Å²) in [7, 11) is 0. The summed E-state index contributed by atoms with van der Waals surface area (Å²) in [6.45, 7) is 3.50. The van der Waals surface area contributed by atoms with Gasteiger partial charge in [0.15, 0.2) is 0 Å². The van der Waals surface area contributed by atoms with Crippen molar-refractivity contribution in [1.29, 1.82) is 0 Å². The van der Waals surface area contributed by atoms with Gasteiger partial charge in [0.25, 0.3) is 5.56 Å². The van der Waals surface area contributed by atoms with Crippen LogP contribution in [0.4, 0.5) is 5.69 Å². The van der Waals surface area contributed by atoms with Crippen LogP contribution >= 0.6 is 22.9 Å². The second kappa shape index (κ2) is 10.2. The van der Waals surface area contributed by atoms with Crippen molar-refractivity contribution in [2.45, 2.75) is 26.8 Å². The molecule has 0 saturated carbocycles. The minimum atomic E-state index is -0.489. The van der Waals surface area contributed by atoms with Gasteiger partial charge in [-0.05, 0) is 42.7 Å². The van der Waals surface area contributed by atoms with Crippen LogP contribution in [0.25, 0.3) is 10.2 Å². The number of fused-ring (bicyclic) bond motifs is 1.